The molecular weight excluding hydrogens is 312 g/mol. The largest absolute Gasteiger partial charge is 0.431 e. The lowest BCUT2D eigenvalue weighted by molar-refractivity contribution is 0.0955. The molecule has 23 heavy (non-hydrogen) atoms. The zero-order valence-corrected chi connectivity index (χ0v) is 13.9. The number of para-hydroxylation sites is 2. The normalized spacial score (nSPS) is 11.0. The zero-order valence-electron chi connectivity index (χ0n) is 13.1. The standard InChI is InChI=1S/C16H18N4O2S/c1-3-20-11(2)12(10-18-20)15(21)17-8-9-23-16-19-13-6-4-5-7-14(13)22-16/h4-7,10H,3,8-9H2,1-2H3,(H,17,21). The van der Waals surface area contributed by atoms with Gasteiger partial charge < -0.3 is 9.73 Å². The van der Waals surface area contributed by atoms with Crippen LogP contribution in [0.5, 0.6) is 0 Å². The molecule has 0 aliphatic carbocycles. The number of oxazole rings is 1. The van der Waals surface area contributed by atoms with Gasteiger partial charge in [0.15, 0.2) is 5.58 Å². The van der Waals surface area contributed by atoms with Gasteiger partial charge in [0.1, 0.15) is 5.52 Å². The van der Waals surface area contributed by atoms with Gasteiger partial charge >= 0.3 is 0 Å². The van der Waals surface area contributed by atoms with E-state index in [0.717, 1.165) is 23.3 Å². The fraction of sp³-hybridized carbons (Fsp3) is 0.312. The van der Waals surface area contributed by atoms with Crippen LogP contribution < -0.4 is 5.32 Å². The summed E-state index contributed by atoms with van der Waals surface area (Å²) in [5.41, 5.74) is 3.14. The molecule has 3 rings (SSSR count). The van der Waals surface area contributed by atoms with E-state index in [1.165, 1.54) is 11.8 Å². The highest BCUT2D eigenvalue weighted by atomic mass is 32.2. The first-order chi connectivity index (χ1) is 11.2. The highest BCUT2D eigenvalue weighted by Gasteiger charge is 2.13. The number of benzene rings is 1. The summed E-state index contributed by atoms with van der Waals surface area (Å²) in [4.78, 5) is 16.5. The van der Waals surface area contributed by atoms with Crippen LogP contribution in [0.4, 0.5) is 0 Å². The van der Waals surface area contributed by atoms with Gasteiger partial charge in [0, 0.05) is 24.5 Å². The van der Waals surface area contributed by atoms with Crippen molar-refractivity contribution in [1.82, 2.24) is 20.1 Å². The van der Waals surface area contributed by atoms with Crippen molar-refractivity contribution in [3.05, 3.63) is 41.7 Å². The van der Waals surface area contributed by atoms with E-state index in [-0.39, 0.29) is 5.91 Å². The van der Waals surface area contributed by atoms with Crippen molar-refractivity contribution in [2.75, 3.05) is 12.3 Å². The minimum absolute atomic E-state index is 0.0969. The van der Waals surface area contributed by atoms with Gasteiger partial charge in [-0.3, -0.25) is 9.48 Å². The number of carbonyl (C=O) groups is 1. The summed E-state index contributed by atoms with van der Waals surface area (Å²) in [6.07, 6.45) is 1.61. The highest BCUT2D eigenvalue weighted by molar-refractivity contribution is 7.99. The number of fused-ring (bicyclic) bond motifs is 1. The number of nitrogens with zero attached hydrogens (tertiary/aromatic N) is 3. The Balaban J connectivity index is 1.51. The van der Waals surface area contributed by atoms with Crippen molar-refractivity contribution in [3.8, 4) is 0 Å². The first kappa shape index (κ1) is 15.6. The van der Waals surface area contributed by atoms with Crippen molar-refractivity contribution in [2.45, 2.75) is 25.6 Å². The Morgan fingerprint density at radius 2 is 2.22 bits per heavy atom. The first-order valence-electron chi connectivity index (χ1n) is 7.48. The van der Waals surface area contributed by atoms with Crippen molar-refractivity contribution in [1.29, 1.82) is 0 Å². The van der Waals surface area contributed by atoms with E-state index in [9.17, 15) is 4.79 Å². The van der Waals surface area contributed by atoms with Gasteiger partial charge in [-0.05, 0) is 26.0 Å². The molecule has 0 atom stereocenters. The molecule has 0 spiro atoms. The second-order valence-electron chi connectivity index (χ2n) is 5.01. The van der Waals surface area contributed by atoms with Crippen molar-refractivity contribution < 1.29 is 9.21 Å². The molecule has 1 aromatic carbocycles. The molecule has 7 heteroatoms. The van der Waals surface area contributed by atoms with Gasteiger partial charge in [-0.1, -0.05) is 23.9 Å². The van der Waals surface area contributed by atoms with E-state index in [0.29, 0.717) is 23.1 Å². The third-order valence-corrected chi connectivity index (χ3v) is 4.36. The Bertz CT molecular complexity index is 791. The molecular formula is C16H18N4O2S. The van der Waals surface area contributed by atoms with E-state index >= 15 is 0 Å². The molecule has 0 aliphatic rings. The fourth-order valence-electron chi connectivity index (χ4n) is 2.30. The molecule has 0 fully saturated rings. The number of carbonyl (C=O) groups excluding carboxylic acids is 1. The highest BCUT2D eigenvalue weighted by Crippen LogP contribution is 2.22. The quantitative estimate of drug-likeness (QED) is 0.556. The van der Waals surface area contributed by atoms with E-state index in [1.54, 1.807) is 6.20 Å². The van der Waals surface area contributed by atoms with Crippen LogP contribution in [0, 0.1) is 6.92 Å². The maximum atomic E-state index is 12.1. The molecule has 0 unspecified atom stereocenters. The molecule has 0 radical (unpaired) electrons. The minimum Gasteiger partial charge on any atom is -0.431 e. The number of aromatic nitrogens is 3. The lowest BCUT2D eigenvalue weighted by Gasteiger charge is -2.04. The van der Waals surface area contributed by atoms with Crippen LogP contribution >= 0.6 is 11.8 Å². The number of amides is 1. The smallest absolute Gasteiger partial charge is 0.256 e. The van der Waals surface area contributed by atoms with Gasteiger partial charge in [0.05, 0.1) is 11.8 Å². The SMILES string of the molecule is CCn1ncc(C(=O)NCCSc2nc3ccccc3o2)c1C. The van der Waals surface area contributed by atoms with Crippen LogP contribution in [0.1, 0.15) is 23.0 Å². The van der Waals surface area contributed by atoms with E-state index in [2.05, 4.69) is 15.4 Å². The number of rotatable bonds is 6. The first-order valence-corrected chi connectivity index (χ1v) is 8.46. The fourth-order valence-corrected chi connectivity index (χ4v) is 2.99. The maximum absolute atomic E-state index is 12.1. The number of hydrogen-bond donors (Lipinski definition) is 1. The van der Waals surface area contributed by atoms with Crippen LogP contribution in [-0.4, -0.2) is 33.0 Å². The molecule has 0 aliphatic heterocycles. The average Bonchev–Trinajstić information content (AvgIpc) is 3.14. The summed E-state index contributed by atoms with van der Waals surface area (Å²) in [5.74, 6) is 0.597. The Morgan fingerprint density at radius 1 is 1.39 bits per heavy atom. The van der Waals surface area contributed by atoms with Crippen LogP contribution in [0.2, 0.25) is 0 Å². The maximum Gasteiger partial charge on any atom is 0.256 e. The second-order valence-corrected chi connectivity index (χ2v) is 6.06. The van der Waals surface area contributed by atoms with E-state index in [1.807, 2.05) is 42.8 Å². The molecule has 120 valence electrons. The van der Waals surface area contributed by atoms with Crippen LogP contribution in [0.3, 0.4) is 0 Å². The van der Waals surface area contributed by atoms with Crippen LogP contribution in [-0.2, 0) is 6.54 Å². The Morgan fingerprint density at radius 3 is 2.96 bits per heavy atom. The van der Waals surface area contributed by atoms with Gasteiger partial charge in [0.25, 0.3) is 11.1 Å². The Labute approximate surface area is 138 Å². The molecule has 1 N–H and O–H groups in total. The van der Waals surface area contributed by atoms with Crippen molar-refractivity contribution in [2.24, 2.45) is 0 Å². The molecule has 0 bridgehead atoms. The van der Waals surface area contributed by atoms with Gasteiger partial charge in [-0.2, -0.15) is 5.10 Å². The van der Waals surface area contributed by atoms with Crippen molar-refractivity contribution in [3.63, 3.8) is 0 Å². The summed E-state index contributed by atoms with van der Waals surface area (Å²) >= 11 is 1.48. The summed E-state index contributed by atoms with van der Waals surface area (Å²) in [6, 6.07) is 7.65. The van der Waals surface area contributed by atoms with E-state index < -0.39 is 0 Å². The third-order valence-electron chi connectivity index (χ3n) is 3.53. The van der Waals surface area contributed by atoms with Crippen LogP contribution in [0.15, 0.2) is 40.1 Å². The lowest BCUT2D eigenvalue weighted by atomic mass is 10.2. The molecule has 0 saturated heterocycles. The summed E-state index contributed by atoms with van der Waals surface area (Å²) in [6.45, 7) is 5.20. The van der Waals surface area contributed by atoms with Gasteiger partial charge in [0.2, 0.25) is 0 Å². The monoisotopic (exact) mass is 330 g/mol. The number of thioether (sulfide) groups is 1. The van der Waals surface area contributed by atoms with Crippen molar-refractivity contribution >= 4 is 28.8 Å². The molecule has 1 amide bonds. The minimum atomic E-state index is -0.0969. The predicted molar refractivity (Wildman–Crippen MR) is 89.7 cm³/mol. The molecule has 2 heterocycles. The molecule has 6 nitrogen and oxygen atoms in total. The summed E-state index contributed by atoms with van der Waals surface area (Å²) in [7, 11) is 0. The third kappa shape index (κ3) is 3.39. The van der Waals surface area contributed by atoms with Gasteiger partial charge in [-0.25, -0.2) is 4.98 Å². The number of aryl methyl sites for hydroxylation is 1. The Hall–Kier alpha value is -2.28. The topological polar surface area (TPSA) is 73.0 Å². The zero-order chi connectivity index (χ0) is 16.2. The number of nitrogens with one attached hydrogen (secondary N) is 1. The number of hydrogen-bond acceptors (Lipinski definition) is 5. The molecule has 0 saturated carbocycles. The second kappa shape index (κ2) is 6.87. The van der Waals surface area contributed by atoms with Crippen LogP contribution in [0.25, 0.3) is 11.1 Å². The summed E-state index contributed by atoms with van der Waals surface area (Å²) < 4.78 is 7.43. The predicted octanol–water partition coefficient (Wildman–Crippen LogP) is 2.87. The molecule has 3 aromatic rings. The summed E-state index contributed by atoms with van der Waals surface area (Å²) in [5, 5.41) is 7.70. The lowest BCUT2D eigenvalue weighted by Crippen LogP contribution is -2.26. The van der Waals surface area contributed by atoms with Gasteiger partial charge in [-0.15, -0.1) is 0 Å². The average molecular weight is 330 g/mol. The Kier molecular flexibility index (Phi) is 4.66. The molecule has 2 aromatic heterocycles. The van der Waals surface area contributed by atoms with E-state index in [4.69, 9.17) is 4.42 Å².